The summed E-state index contributed by atoms with van der Waals surface area (Å²) in [7, 11) is 0. The van der Waals surface area contributed by atoms with Crippen molar-refractivity contribution < 1.29 is 9.53 Å². The van der Waals surface area contributed by atoms with Gasteiger partial charge in [0.25, 0.3) is 0 Å². The van der Waals surface area contributed by atoms with Crippen molar-refractivity contribution in [1.82, 2.24) is 24.5 Å². The summed E-state index contributed by atoms with van der Waals surface area (Å²) in [6.07, 6.45) is 4.63. The lowest BCUT2D eigenvalue weighted by atomic mass is 10.0. The number of H-pyrrole nitrogens is 1. The first-order valence-corrected chi connectivity index (χ1v) is 8.96. The van der Waals surface area contributed by atoms with Gasteiger partial charge in [-0.15, -0.1) is 0 Å². The normalized spacial score (nSPS) is 15.2. The number of ether oxygens (including phenoxy) is 1. The Labute approximate surface area is 155 Å². The highest BCUT2D eigenvalue weighted by Gasteiger charge is 2.25. The summed E-state index contributed by atoms with van der Waals surface area (Å²) >= 11 is 0. The molecule has 1 aliphatic heterocycles. The third-order valence-corrected chi connectivity index (χ3v) is 4.78. The van der Waals surface area contributed by atoms with E-state index in [0.717, 1.165) is 31.4 Å². The van der Waals surface area contributed by atoms with Crippen molar-refractivity contribution >= 4 is 23.0 Å². The van der Waals surface area contributed by atoms with Gasteiger partial charge in [-0.1, -0.05) is 0 Å². The molecule has 0 aliphatic carbocycles. The molecule has 1 fully saturated rings. The van der Waals surface area contributed by atoms with E-state index in [4.69, 9.17) is 4.74 Å². The van der Waals surface area contributed by atoms with E-state index in [-0.39, 0.29) is 17.4 Å². The molecule has 0 spiro atoms. The fourth-order valence-electron chi connectivity index (χ4n) is 3.51. The first-order chi connectivity index (χ1) is 13.2. The Morgan fingerprint density at radius 1 is 1.30 bits per heavy atom. The Morgan fingerprint density at radius 3 is 2.89 bits per heavy atom. The number of fused-ring (bicyclic) bond motifs is 1. The molecule has 4 rings (SSSR count). The molecular weight excluding hydrogens is 348 g/mol. The largest absolute Gasteiger partial charge is 0.461 e. The van der Waals surface area contributed by atoms with E-state index in [0.29, 0.717) is 18.1 Å². The number of piperidine rings is 1. The number of carbonyl (C=O) groups is 1. The van der Waals surface area contributed by atoms with Crippen LogP contribution < -0.4 is 10.6 Å². The van der Waals surface area contributed by atoms with E-state index >= 15 is 0 Å². The van der Waals surface area contributed by atoms with Gasteiger partial charge < -0.3 is 9.64 Å². The molecule has 1 aliphatic rings. The van der Waals surface area contributed by atoms with Crippen molar-refractivity contribution in [1.29, 1.82) is 0 Å². The standard InChI is InChI=1S/C18H20N6O3/c1-2-27-17(25)13-10-15(21-11-20-13)23-8-5-12(6-9-23)24-14-4-3-7-19-16(14)22-18(24)26/h3-4,7,10-12H,2,5-6,8-9H2,1H3,(H,19,22,26). The van der Waals surface area contributed by atoms with E-state index in [9.17, 15) is 9.59 Å². The van der Waals surface area contributed by atoms with E-state index in [1.54, 1.807) is 23.8 Å². The molecule has 27 heavy (non-hydrogen) atoms. The molecule has 0 amide bonds. The third-order valence-electron chi connectivity index (χ3n) is 4.78. The van der Waals surface area contributed by atoms with Gasteiger partial charge in [0.2, 0.25) is 0 Å². The number of rotatable bonds is 4. The number of anilines is 1. The Balaban J connectivity index is 1.51. The number of carbonyl (C=O) groups excluding carboxylic acids is 1. The maximum absolute atomic E-state index is 12.4. The quantitative estimate of drug-likeness (QED) is 0.696. The Bertz CT molecular complexity index is 1020. The average molecular weight is 368 g/mol. The second-order valence-electron chi connectivity index (χ2n) is 6.37. The van der Waals surface area contributed by atoms with Crippen molar-refractivity contribution in [3.63, 3.8) is 0 Å². The maximum atomic E-state index is 12.4. The van der Waals surface area contributed by atoms with Gasteiger partial charge in [0.05, 0.1) is 12.1 Å². The Morgan fingerprint density at radius 2 is 2.11 bits per heavy atom. The highest BCUT2D eigenvalue weighted by molar-refractivity contribution is 5.87. The Kier molecular flexibility index (Phi) is 4.57. The molecule has 0 unspecified atom stereocenters. The van der Waals surface area contributed by atoms with Gasteiger partial charge in [-0.3, -0.25) is 9.55 Å². The molecule has 0 atom stereocenters. The van der Waals surface area contributed by atoms with Crippen LogP contribution in [-0.4, -0.2) is 50.2 Å². The first kappa shape index (κ1) is 17.2. The van der Waals surface area contributed by atoms with Gasteiger partial charge in [0.1, 0.15) is 12.1 Å². The summed E-state index contributed by atoms with van der Waals surface area (Å²) in [4.78, 5) is 41.6. The van der Waals surface area contributed by atoms with Crippen molar-refractivity contribution in [3.05, 3.63) is 46.9 Å². The minimum absolute atomic E-state index is 0.0954. The minimum Gasteiger partial charge on any atom is -0.461 e. The number of imidazole rings is 1. The number of pyridine rings is 1. The van der Waals surface area contributed by atoms with Crippen LogP contribution in [0, 0.1) is 0 Å². The fourth-order valence-corrected chi connectivity index (χ4v) is 3.51. The van der Waals surface area contributed by atoms with E-state index in [1.807, 2.05) is 12.1 Å². The zero-order valence-electron chi connectivity index (χ0n) is 15.0. The van der Waals surface area contributed by atoms with Crippen molar-refractivity contribution in [2.75, 3.05) is 24.6 Å². The second-order valence-corrected chi connectivity index (χ2v) is 6.37. The Hall–Kier alpha value is -3.23. The number of nitrogens with one attached hydrogen (secondary N) is 1. The predicted molar refractivity (Wildman–Crippen MR) is 98.8 cm³/mol. The summed E-state index contributed by atoms with van der Waals surface area (Å²) in [5, 5.41) is 0. The van der Waals surface area contributed by atoms with Crippen LogP contribution in [0.3, 0.4) is 0 Å². The molecule has 3 aromatic rings. The van der Waals surface area contributed by atoms with Crippen molar-refractivity contribution in [2.24, 2.45) is 0 Å². The molecule has 1 saturated heterocycles. The number of esters is 1. The first-order valence-electron chi connectivity index (χ1n) is 8.96. The van der Waals surface area contributed by atoms with E-state index in [2.05, 4.69) is 24.8 Å². The summed E-state index contributed by atoms with van der Waals surface area (Å²) in [6, 6.07) is 5.49. The summed E-state index contributed by atoms with van der Waals surface area (Å²) in [5.74, 6) is 0.244. The number of hydrogen-bond acceptors (Lipinski definition) is 7. The highest BCUT2D eigenvalue weighted by atomic mass is 16.5. The average Bonchev–Trinajstić information content (AvgIpc) is 3.04. The molecule has 140 valence electrons. The maximum Gasteiger partial charge on any atom is 0.357 e. The monoisotopic (exact) mass is 368 g/mol. The van der Waals surface area contributed by atoms with Gasteiger partial charge in [-0.25, -0.2) is 24.5 Å². The lowest BCUT2D eigenvalue weighted by molar-refractivity contribution is 0.0519. The fraction of sp³-hybridized carbons (Fsp3) is 0.389. The topological polar surface area (TPSA) is 106 Å². The SMILES string of the molecule is CCOC(=O)c1cc(N2CCC(n3c(=O)[nH]c4ncccc43)CC2)ncn1. The van der Waals surface area contributed by atoms with Gasteiger partial charge in [0.15, 0.2) is 11.3 Å². The van der Waals surface area contributed by atoms with Crippen LogP contribution in [0.1, 0.15) is 36.3 Å². The summed E-state index contributed by atoms with van der Waals surface area (Å²) < 4.78 is 6.79. The molecule has 9 nitrogen and oxygen atoms in total. The molecule has 4 heterocycles. The molecule has 0 radical (unpaired) electrons. The number of aromatic nitrogens is 5. The van der Waals surface area contributed by atoms with Crippen LogP contribution in [0.15, 0.2) is 35.5 Å². The van der Waals surface area contributed by atoms with Crippen LogP contribution in [0.4, 0.5) is 5.82 Å². The summed E-state index contributed by atoms with van der Waals surface area (Å²) in [5.41, 5.74) is 1.56. The van der Waals surface area contributed by atoms with E-state index in [1.165, 1.54) is 6.33 Å². The third kappa shape index (κ3) is 3.27. The van der Waals surface area contributed by atoms with Crippen molar-refractivity contribution in [2.45, 2.75) is 25.8 Å². The molecule has 0 aromatic carbocycles. The van der Waals surface area contributed by atoms with Crippen LogP contribution in [0.5, 0.6) is 0 Å². The smallest absolute Gasteiger partial charge is 0.357 e. The van der Waals surface area contributed by atoms with Gasteiger partial charge in [-0.05, 0) is 31.9 Å². The van der Waals surface area contributed by atoms with Crippen LogP contribution >= 0.6 is 0 Å². The van der Waals surface area contributed by atoms with Crippen LogP contribution in [0.2, 0.25) is 0 Å². The van der Waals surface area contributed by atoms with Gasteiger partial charge in [0, 0.05) is 31.4 Å². The molecule has 0 saturated carbocycles. The molecular formula is C18H20N6O3. The zero-order chi connectivity index (χ0) is 18.8. The lowest BCUT2D eigenvalue weighted by Gasteiger charge is -2.33. The molecule has 1 N–H and O–H groups in total. The minimum atomic E-state index is -0.450. The highest BCUT2D eigenvalue weighted by Crippen LogP contribution is 2.26. The van der Waals surface area contributed by atoms with Gasteiger partial charge >= 0.3 is 11.7 Å². The summed E-state index contributed by atoms with van der Waals surface area (Å²) in [6.45, 7) is 3.51. The zero-order valence-corrected chi connectivity index (χ0v) is 15.0. The van der Waals surface area contributed by atoms with Crippen LogP contribution in [0.25, 0.3) is 11.2 Å². The second kappa shape index (κ2) is 7.18. The molecule has 9 heteroatoms. The lowest BCUT2D eigenvalue weighted by Crippen LogP contribution is -2.37. The van der Waals surface area contributed by atoms with Gasteiger partial charge in [-0.2, -0.15) is 0 Å². The number of aromatic amines is 1. The van der Waals surface area contributed by atoms with Crippen LogP contribution in [-0.2, 0) is 4.74 Å². The number of nitrogens with zero attached hydrogens (tertiary/aromatic N) is 5. The number of hydrogen-bond donors (Lipinski definition) is 1. The molecule has 0 bridgehead atoms. The van der Waals surface area contributed by atoms with E-state index < -0.39 is 5.97 Å². The van der Waals surface area contributed by atoms with Crippen molar-refractivity contribution in [3.8, 4) is 0 Å². The molecule has 3 aromatic heterocycles. The predicted octanol–water partition coefficient (Wildman–Crippen LogP) is 1.53.